The van der Waals surface area contributed by atoms with E-state index in [1.54, 1.807) is 12.3 Å². The van der Waals surface area contributed by atoms with Gasteiger partial charge in [-0.15, -0.1) is 11.3 Å². The molecule has 21 heavy (non-hydrogen) atoms. The fourth-order valence-electron chi connectivity index (χ4n) is 2.87. The molecule has 1 aromatic rings. The summed E-state index contributed by atoms with van der Waals surface area (Å²) in [5, 5.41) is 1.62. The predicted molar refractivity (Wildman–Crippen MR) is 85.7 cm³/mol. The summed E-state index contributed by atoms with van der Waals surface area (Å²) in [7, 11) is 1.62. The second kappa shape index (κ2) is 6.67. The van der Waals surface area contributed by atoms with E-state index >= 15 is 0 Å². The van der Waals surface area contributed by atoms with Gasteiger partial charge in [0.15, 0.2) is 0 Å². The van der Waals surface area contributed by atoms with Crippen LogP contribution in [0.4, 0.5) is 0 Å². The van der Waals surface area contributed by atoms with Crippen molar-refractivity contribution in [3.63, 3.8) is 0 Å². The van der Waals surface area contributed by atoms with Gasteiger partial charge in [-0.2, -0.15) is 0 Å². The molecule has 1 aliphatic heterocycles. The summed E-state index contributed by atoms with van der Waals surface area (Å²) >= 11 is 1.02. The molecule has 1 fully saturated rings. The fourth-order valence-corrected chi connectivity index (χ4v) is 5.42. The molecule has 2 rings (SSSR count). The number of halogens is 1. The van der Waals surface area contributed by atoms with Crippen LogP contribution >= 0.6 is 22.0 Å². The van der Waals surface area contributed by atoms with Gasteiger partial charge in [0.1, 0.15) is 4.21 Å². The van der Waals surface area contributed by atoms with Crippen LogP contribution < -0.4 is 0 Å². The van der Waals surface area contributed by atoms with Crippen molar-refractivity contribution in [1.29, 1.82) is 0 Å². The van der Waals surface area contributed by atoms with Gasteiger partial charge < -0.3 is 4.90 Å². The Hall–Kier alpha value is -0.590. The summed E-state index contributed by atoms with van der Waals surface area (Å²) < 4.78 is 23.1. The maximum Gasteiger partial charge on any atom is 0.271 e. The number of amides is 1. The van der Waals surface area contributed by atoms with Gasteiger partial charge in [0.2, 0.25) is 0 Å². The minimum Gasteiger partial charge on any atom is -0.336 e. The normalized spacial score (nSPS) is 20.3. The van der Waals surface area contributed by atoms with Crippen LogP contribution in [0.2, 0.25) is 0 Å². The van der Waals surface area contributed by atoms with Gasteiger partial charge >= 0.3 is 0 Å². The van der Waals surface area contributed by atoms with Gasteiger partial charge in [-0.25, -0.2) is 8.42 Å². The molecule has 1 unspecified atom stereocenters. The van der Waals surface area contributed by atoms with E-state index in [1.165, 1.54) is 0 Å². The molecule has 0 N–H and O–H groups in total. The van der Waals surface area contributed by atoms with Crippen molar-refractivity contribution in [2.45, 2.75) is 56.2 Å². The monoisotopic (exact) mass is 349 g/mol. The maximum atomic E-state index is 12.8. The van der Waals surface area contributed by atoms with Crippen molar-refractivity contribution < 1.29 is 13.2 Å². The van der Waals surface area contributed by atoms with Crippen LogP contribution in [0.15, 0.2) is 9.59 Å². The van der Waals surface area contributed by atoms with Gasteiger partial charge in [0.05, 0.1) is 5.56 Å². The minimum atomic E-state index is -3.78. The SMILES string of the molecule is CCC1CCCCCN1C(=O)c1csc(S(=O)(=O)Cl)c1C. The minimum absolute atomic E-state index is 0.0657. The zero-order valence-electron chi connectivity index (χ0n) is 12.3. The lowest BCUT2D eigenvalue weighted by Crippen LogP contribution is -2.39. The molecule has 1 saturated heterocycles. The molecular weight excluding hydrogens is 330 g/mol. The highest BCUT2D eigenvalue weighted by atomic mass is 35.7. The number of hydrogen-bond donors (Lipinski definition) is 0. The Balaban J connectivity index is 2.33. The first-order valence-corrected chi connectivity index (χ1v) is 10.4. The molecule has 7 heteroatoms. The van der Waals surface area contributed by atoms with Crippen LogP contribution in [0.3, 0.4) is 0 Å². The molecule has 1 atom stereocenters. The number of carbonyl (C=O) groups excluding carboxylic acids is 1. The highest BCUT2D eigenvalue weighted by Crippen LogP contribution is 2.31. The van der Waals surface area contributed by atoms with E-state index < -0.39 is 9.05 Å². The van der Waals surface area contributed by atoms with Crippen LogP contribution in [-0.2, 0) is 9.05 Å². The van der Waals surface area contributed by atoms with E-state index in [4.69, 9.17) is 10.7 Å². The molecule has 1 aliphatic rings. The van der Waals surface area contributed by atoms with E-state index in [-0.39, 0.29) is 16.2 Å². The summed E-state index contributed by atoms with van der Waals surface area (Å²) in [6.45, 7) is 4.48. The van der Waals surface area contributed by atoms with Crippen molar-refractivity contribution in [3.8, 4) is 0 Å². The lowest BCUT2D eigenvalue weighted by Gasteiger charge is -2.29. The molecule has 0 spiro atoms. The second-order valence-electron chi connectivity index (χ2n) is 5.41. The summed E-state index contributed by atoms with van der Waals surface area (Å²) in [5.41, 5.74) is 0.943. The first-order valence-electron chi connectivity index (χ1n) is 7.20. The highest BCUT2D eigenvalue weighted by molar-refractivity contribution is 8.15. The van der Waals surface area contributed by atoms with Gasteiger partial charge in [-0.3, -0.25) is 4.79 Å². The average Bonchev–Trinajstić information content (AvgIpc) is 2.67. The molecule has 1 amide bonds. The Morgan fingerprint density at radius 2 is 2.14 bits per heavy atom. The van der Waals surface area contributed by atoms with Crippen molar-refractivity contribution in [2.75, 3.05) is 6.54 Å². The van der Waals surface area contributed by atoms with Gasteiger partial charge in [0, 0.05) is 28.6 Å². The number of hydrogen-bond acceptors (Lipinski definition) is 4. The van der Waals surface area contributed by atoms with Crippen LogP contribution in [0, 0.1) is 6.92 Å². The lowest BCUT2D eigenvalue weighted by atomic mass is 10.1. The number of nitrogens with zero attached hydrogens (tertiary/aromatic N) is 1. The van der Waals surface area contributed by atoms with Gasteiger partial charge in [0.25, 0.3) is 15.0 Å². The molecule has 0 bridgehead atoms. The lowest BCUT2D eigenvalue weighted by molar-refractivity contribution is 0.0678. The van der Waals surface area contributed by atoms with E-state index in [0.29, 0.717) is 11.1 Å². The summed E-state index contributed by atoms with van der Waals surface area (Å²) in [4.78, 5) is 14.7. The zero-order valence-corrected chi connectivity index (χ0v) is 14.7. The standard InChI is InChI=1S/C14H20ClNO3S2/c1-3-11-7-5-4-6-8-16(11)13(17)12-9-20-14(10(12)2)21(15,18)19/h9,11H,3-8H2,1-2H3. The molecule has 0 saturated carbocycles. The number of rotatable bonds is 3. The third-order valence-electron chi connectivity index (χ3n) is 4.06. The first kappa shape index (κ1) is 16.8. The van der Waals surface area contributed by atoms with Gasteiger partial charge in [-0.1, -0.05) is 19.8 Å². The number of carbonyl (C=O) groups is 1. The third kappa shape index (κ3) is 3.60. The Kier molecular flexibility index (Phi) is 5.33. The van der Waals surface area contributed by atoms with E-state index in [0.717, 1.165) is 50.0 Å². The van der Waals surface area contributed by atoms with Crippen LogP contribution in [0.25, 0.3) is 0 Å². The van der Waals surface area contributed by atoms with Crippen LogP contribution in [-0.4, -0.2) is 31.8 Å². The Morgan fingerprint density at radius 3 is 2.71 bits per heavy atom. The number of thiophene rings is 1. The topological polar surface area (TPSA) is 54.5 Å². The predicted octanol–water partition coefficient (Wildman–Crippen LogP) is 3.78. The Labute approximate surface area is 134 Å². The second-order valence-corrected chi connectivity index (χ2v) is 9.05. The molecule has 1 aromatic heterocycles. The fraction of sp³-hybridized carbons (Fsp3) is 0.643. The third-order valence-corrected chi connectivity index (χ3v) is 7.36. The van der Waals surface area contributed by atoms with Crippen LogP contribution in [0.5, 0.6) is 0 Å². The largest absolute Gasteiger partial charge is 0.336 e. The molecule has 4 nitrogen and oxygen atoms in total. The van der Waals surface area contributed by atoms with E-state index in [2.05, 4.69) is 6.92 Å². The molecule has 0 aromatic carbocycles. The molecule has 2 heterocycles. The number of likely N-dealkylation sites (tertiary alicyclic amines) is 1. The molecule has 0 aliphatic carbocycles. The van der Waals surface area contributed by atoms with Crippen LogP contribution in [0.1, 0.15) is 54.9 Å². The summed E-state index contributed by atoms with van der Waals surface area (Å²) in [6.07, 6.45) is 5.24. The molecular formula is C14H20ClNO3S2. The first-order chi connectivity index (χ1) is 9.86. The summed E-state index contributed by atoms with van der Waals surface area (Å²) in [6, 6.07) is 0.246. The highest BCUT2D eigenvalue weighted by Gasteiger charge is 2.29. The van der Waals surface area contributed by atoms with E-state index in [1.807, 2.05) is 4.90 Å². The van der Waals surface area contributed by atoms with Gasteiger partial charge in [-0.05, 0) is 31.7 Å². The quantitative estimate of drug-likeness (QED) is 0.780. The summed E-state index contributed by atoms with van der Waals surface area (Å²) in [5.74, 6) is -0.0657. The molecule has 118 valence electrons. The van der Waals surface area contributed by atoms with Crippen molar-refractivity contribution in [1.82, 2.24) is 4.90 Å². The zero-order chi connectivity index (χ0) is 15.6. The van der Waals surface area contributed by atoms with Crippen molar-refractivity contribution >= 4 is 37.0 Å². The Bertz CT molecular complexity index is 624. The van der Waals surface area contributed by atoms with E-state index in [9.17, 15) is 13.2 Å². The van der Waals surface area contributed by atoms with Crippen molar-refractivity contribution in [3.05, 3.63) is 16.5 Å². The maximum absolute atomic E-state index is 12.8. The smallest absolute Gasteiger partial charge is 0.271 e. The average molecular weight is 350 g/mol. The Morgan fingerprint density at radius 1 is 1.43 bits per heavy atom. The van der Waals surface area contributed by atoms with Crippen molar-refractivity contribution in [2.24, 2.45) is 0 Å². The molecule has 0 radical (unpaired) electrons.